The summed E-state index contributed by atoms with van der Waals surface area (Å²) in [6, 6.07) is 1.58. The second kappa shape index (κ2) is 10.6. The van der Waals surface area contributed by atoms with Crippen molar-refractivity contribution in [3.63, 3.8) is 0 Å². The number of rotatable bonds is 4. The van der Waals surface area contributed by atoms with Gasteiger partial charge in [-0.05, 0) is 108 Å². The molecule has 8 heteroatoms. The number of nitrogens with two attached hydrogens (primary N) is 1. The van der Waals surface area contributed by atoms with Crippen molar-refractivity contribution in [2.45, 2.75) is 114 Å². The van der Waals surface area contributed by atoms with Crippen LogP contribution in [-0.2, 0) is 31.1 Å². The first-order valence-corrected chi connectivity index (χ1v) is 16.4. The number of hydrogen-bond acceptors (Lipinski definition) is 5. The standard InChI is InChI=1S/C33H44ClF2N5/c1-21-5-3-14-40(16-9-21)31-24-7-12-32(10-2-6-23-25(34)17-26(37)30(36)29(23)32)19-27(24)38-28(39-31)8-13-33-11-4-15-41(33)20-22(35)18-33/h17,21-22H,2-16,18-20,37H2,1H3. The molecule has 1 spiro atoms. The number of nitrogens with zero attached hydrogens (tertiary/aromatic N) is 4. The predicted octanol–water partition coefficient (Wildman–Crippen LogP) is 6.75. The Hall–Kier alpha value is -1.99. The van der Waals surface area contributed by atoms with Crippen molar-refractivity contribution < 1.29 is 8.78 Å². The average Bonchev–Trinajstić information content (AvgIpc) is 3.38. The lowest BCUT2D eigenvalue weighted by Gasteiger charge is -2.43. The molecule has 4 unspecified atom stereocenters. The molecule has 1 aromatic heterocycles. The first-order valence-electron chi connectivity index (χ1n) is 16.1. The Morgan fingerprint density at radius 3 is 2.80 bits per heavy atom. The minimum atomic E-state index is -0.727. The van der Waals surface area contributed by atoms with Crippen molar-refractivity contribution in [3.8, 4) is 0 Å². The molecule has 2 aliphatic carbocycles. The Bertz CT molecular complexity index is 1340. The van der Waals surface area contributed by atoms with Crippen LogP contribution in [0.15, 0.2) is 6.07 Å². The van der Waals surface area contributed by atoms with Gasteiger partial charge in [-0.3, -0.25) is 4.90 Å². The fourth-order valence-corrected chi connectivity index (χ4v) is 9.49. The van der Waals surface area contributed by atoms with Crippen LogP contribution in [0.2, 0.25) is 5.02 Å². The summed E-state index contributed by atoms with van der Waals surface area (Å²) in [4.78, 5) is 15.4. The number of anilines is 2. The Morgan fingerprint density at radius 1 is 1.05 bits per heavy atom. The summed E-state index contributed by atoms with van der Waals surface area (Å²) in [6.07, 6.45) is 12.5. The first-order chi connectivity index (χ1) is 19.8. The fraction of sp³-hybridized carbons (Fsp3) is 0.697. The number of hydrogen-bond donors (Lipinski definition) is 1. The second-order valence-electron chi connectivity index (χ2n) is 13.9. The van der Waals surface area contributed by atoms with Gasteiger partial charge in [0.15, 0.2) is 0 Å². The highest BCUT2D eigenvalue weighted by Gasteiger charge is 2.48. The van der Waals surface area contributed by atoms with E-state index in [9.17, 15) is 4.39 Å². The van der Waals surface area contributed by atoms with Gasteiger partial charge in [0.1, 0.15) is 23.6 Å². The van der Waals surface area contributed by atoms with Gasteiger partial charge >= 0.3 is 0 Å². The number of fused-ring (bicyclic) bond motifs is 4. The third-order valence-corrected chi connectivity index (χ3v) is 11.7. The fourth-order valence-electron chi connectivity index (χ4n) is 9.18. The normalized spacial score (nSPS) is 31.7. The van der Waals surface area contributed by atoms with Gasteiger partial charge in [-0.1, -0.05) is 18.5 Å². The second-order valence-corrected chi connectivity index (χ2v) is 14.3. The van der Waals surface area contributed by atoms with E-state index < -0.39 is 6.17 Å². The third kappa shape index (κ3) is 4.83. The summed E-state index contributed by atoms with van der Waals surface area (Å²) >= 11 is 6.65. The molecular weight excluding hydrogens is 540 g/mol. The van der Waals surface area contributed by atoms with Gasteiger partial charge in [0, 0.05) is 53.2 Å². The highest BCUT2D eigenvalue weighted by atomic mass is 35.5. The van der Waals surface area contributed by atoms with Crippen LogP contribution >= 0.6 is 11.6 Å². The Labute approximate surface area is 248 Å². The molecule has 1 aromatic carbocycles. The van der Waals surface area contributed by atoms with Crippen LogP contribution in [-0.4, -0.2) is 52.8 Å². The Kier molecular flexibility index (Phi) is 7.21. The zero-order valence-electron chi connectivity index (χ0n) is 24.5. The van der Waals surface area contributed by atoms with Gasteiger partial charge in [-0.15, -0.1) is 0 Å². The SMILES string of the molecule is CC1CCCN(c2nc(CCC34CCCN3CC(F)C4)nc3c2CCC2(CCCc4c(Cl)cc(N)c(F)c42)C3)CC1. The summed E-state index contributed by atoms with van der Waals surface area (Å²) in [5.74, 6) is 2.41. The van der Waals surface area contributed by atoms with Crippen molar-refractivity contribution in [1.29, 1.82) is 0 Å². The molecule has 0 amide bonds. The zero-order valence-corrected chi connectivity index (χ0v) is 25.2. The molecule has 41 heavy (non-hydrogen) atoms. The number of nitrogen functional groups attached to an aromatic ring is 1. The lowest BCUT2D eigenvalue weighted by atomic mass is 9.62. The number of aryl methyl sites for hydroxylation is 1. The van der Waals surface area contributed by atoms with Crippen LogP contribution in [0.5, 0.6) is 0 Å². The highest BCUT2D eigenvalue weighted by molar-refractivity contribution is 6.31. The van der Waals surface area contributed by atoms with Gasteiger partial charge in [0.2, 0.25) is 0 Å². The molecule has 2 N–H and O–H groups in total. The maximum Gasteiger partial charge on any atom is 0.150 e. The Morgan fingerprint density at radius 2 is 1.93 bits per heavy atom. The van der Waals surface area contributed by atoms with E-state index in [2.05, 4.69) is 16.7 Å². The topological polar surface area (TPSA) is 58.3 Å². The van der Waals surface area contributed by atoms with Crippen LogP contribution in [0.3, 0.4) is 0 Å². The van der Waals surface area contributed by atoms with Crippen molar-refractivity contribution in [1.82, 2.24) is 14.9 Å². The largest absolute Gasteiger partial charge is 0.396 e. The van der Waals surface area contributed by atoms with Gasteiger partial charge in [0.05, 0.1) is 11.4 Å². The molecule has 4 atom stereocenters. The monoisotopic (exact) mass is 583 g/mol. The highest BCUT2D eigenvalue weighted by Crippen LogP contribution is 2.51. The zero-order chi connectivity index (χ0) is 28.4. The number of alkyl halides is 1. The van der Waals surface area contributed by atoms with Crippen LogP contribution in [0.4, 0.5) is 20.3 Å². The summed E-state index contributed by atoms with van der Waals surface area (Å²) in [5, 5.41) is 0.592. The first kappa shape index (κ1) is 27.8. The quantitative estimate of drug-likeness (QED) is 0.404. The molecule has 2 aromatic rings. The molecule has 7 rings (SSSR count). The van der Waals surface area contributed by atoms with Gasteiger partial charge in [0.25, 0.3) is 0 Å². The molecule has 4 heterocycles. The van der Waals surface area contributed by atoms with Crippen molar-refractivity contribution >= 4 is 23.1 Å². The molecule has 0 saturated carbocycles. The van der Waals surface area contributed by atoms with Crippen LogP contribution < -0.4 is 10.6 Å². The van der Waals surface area contributed by atoms with E-state index in [4.69, 9.17) is 27.3 Å². The average molecular weight is 584 g/mol. The van der Waals surface area contributed by atoms with Crippen LogP contribution in [0.25, 0.3) is 0 Å². The molecule has 3 fully saturated rings. The van der Waals surface area contributed by atoms with E-state index in [1.807, 2.05) is 0 Å². The van der Waals surface area contributed by atoms with E-state index in [1.54, 1.807) is 6.07 Å². The maximum atomic E-state index is 15.8. The van der Waals surface area contributed by atoms with E-state index >= 15 is 4.39 Å². The van der Waals surface area contributed by atoms with E-state index in [0.717, 1.165) is 112 Å². The van der Waals surface area contributed by atoms with Gasteiger partial charge < -0.3 is 10.6 Å². The predicted molar refractivity (Wildman–Crippen MR) is 161 cm³/mol. The van der Waals surface area contributed by atoms with Crippen molar-refractivity contribution in [3.05, 3.63) is 45.1 Å². The number of aromatic nitrogens is 2. The third-order valence-electron chi connectivity index (χ3n) is 11.3. The Balaban J connectivity index is 1.26. The van der Waals surface area contributed by atoms with E-state index in [0.29, 0.717) is 24.4 Å². The minimum Gasteiger partial charge on any atom is -0.396 e. The maximum absolute atomic E-state index is 15.8. The number of benzene rings is 1. The molecule has 0 bridgehead atoms. The van der Waals surface area contributed by atoms with Crippen molar-refractivity contribution in [2.75, 3.05) is 36.8 Å². The lowest BCUT2D eigenvalue weighted by molar-refractivity contribution is 0.181. The van der Waals surface area contributed by atoms with E-state index in [-0.39, 0.29) is 22.5 Å². The van der Waals surface area contributed by atoms with Gasteiger partial charge in [-0.25, -0.2) is 18.7 Å². The summed E-state index contributed by atoms with van der Waals surface area (Å²) in [5.41, 5.74) is 9.90. The van der Waals surface area contributed by atoms with Crippen LogP contribution in [0, 0.1) is 11.7 Å². The molecule has 0 radical (unpaired) electrons. The van der Waals surface area contributed by atoms with Gasteiger partial charge in [-0.2, -0.15) is 0 Å². The molecular formula is C33H44ClF2N5. The smallest absolute Gasteiger partial charge is 0.150 e. The molecule has 3 saturated heterocycles. The number of halogens is 3. The van der Waals surface area contributed by atoms with Crippen molar-refractivity contribution in [2.24, 2.45) is 5.92 Å². The summed E-state index contributed by atoms with van der Waals surface area (Å²) < 4.78 is 30.3. The minimum absolute atomic E-state index is 0.0438. The van der Waals surface area contributed by atoms with Crippen LogP contribution in [0.1, 0.15) is 99.3 Å². The molecule has 3 aliphatic heterocycles. The summed E-state index contributed by atoms with van der Waals surface area (Å²) in [6.45, 7) is 5.96. The summed E-state index contributed by atoms with van der Waals surface area (Å²) in [7, 11) is 0. The molecule has 222 valence electrons. The molecule has 5 nitrogen and oxygen atoms in total. The van der Waals surface area contributed by atoms with E-state index in [1.165, 1.54) is 24.8 Å². The molecule has 5 aliphatic rings. The lowest BCUT2D eigenvalue weighted by Crippen LogP contribution is -2.40.